The summed E-state index contributed by atoms with van der Waals surface area (Å²) >= 11 is 0. The van der Waals surface area contributed by atoms with E-state index in [2.05, 4.69) is 0 Å². The van der Waals surface area contributed by atoms with Gasteiger partial charge in [-0.25, -0.2) is 0 Å². The van der Waals surface area contributed by atoms with Crippen LogP contribution in [0.15, 0.2) is 30.3 Å². The van der Waals surface area contributed by atoms with E-state index in [1.54, 1.807) is 6.07 Å². The Morgan fingerprint density at radius 2 is 1.74 bits per heavy atom. The predicted octanol–water partition coefficient (Wildman–Crippen LogP) is -2.55. The molecule has 126 valence electrons. The minimum Gasteiger partial charge on any atom is -0.394 e. The summed E-state index contributed by atoms with van der Waals surface area (Å²) < 4.78 is 0. The first-order chi connectivity index (χ1) is 10.7. The molecule has 0 unspecified atom stereocenters. The molecule has 1 aromatic carbocycles. The first-order valence-electron chi connectivity index (χ1n) is 6.40. The van der Waals surface area contributed by atoms with Crippen molar-refractivity contribution in [1.29, 1.82) is 0 Å². The highest BCUT2D eigenvalue weighted by Crippen LogP contribution is 2.18. The molecule has 0 saturated heterocycles. The molecule has 0 saturated carbocycles. The molecule has 0 aliphatic carbocycles. The van der Waals surface area contributed by atoms with Crippen molar-refractivity contribution in [3.8, 4) is 0 Å². The second-order valence-electron chi connectivity index (χ2n) is 4.79. The van der Waals surface area contributed by atoms with Gasteiger partial charge < -0.3 is 20.4 Å². The van der Waals surface area contributed by atoms with Gasteiger partial charge in [-0.2, -0.15) is 0 Å². The summed E-state index contributed by atoms with van der Waals surface area (Å²) in [5.74, 6) is -3.11. The van der Waals surface area contributed by atoms with E-state index in [4.69, 9.17) is 10.8 Å². The van der Waals surface area contributed by atoms with Gasteiger partial charge >= 0.3 is 5.66 Å². The Balaban J connectivity index is 3.21. The van der Waals surface area contributed by atoms with E-state index in [1.807, 2.05) is 0 Å². The van der Waals surface area contributed by atoms with Crippen LogP contribution in [0.3, 0.4) is 0 Å². The van der Waals surface area contributed by atoms with Gasteiger partial charge in [-0.1, -0.05) is 30.3 Å². The topological polar surface area (TPSA) is 184 Å². The van der Waals surface area contributed by atoms with Gasteiger partial charge in [0.25, 0.3) is 5.78 Å². The largest absolute Gasteiger partial charge is 0.394 e. The first-order valence-corrected chi connectivity index (χ1v) is 6.40. The zero-order valence-corrected chi connectivity index (χ0v) is 11.8. The number of rotatable bonds is 8. The Bertz CT molecular complexity index is 593. The number of carbonyl (C=O) groups excluding carboxylic acids is 2. The van der Waals surface area contributed by atoms with Crippen LogP contribution in [0.4, 0.5) is 0 Å². The van der Waals surface area contributed by atoms with Gasteiger partial charge in [-0.15, -0.1) is 0 Å². The molecule has 0 amide bonds. The van der Waals surface area contributed by atoms with E-state index in [0.29, 0.717) is 0 Å². The summed E-state index contributed by atoms with van der Waals surface area (Å²) in [5, 5.41) is 48.5. The molecule has 0 radical (unpaired) electrons. The monoisotopic (exact) mass is 328 g/mol. The molecule has 0 aromatic heterocycles. The molecule has 0 fully saturated rings. The van der Waals surface area contributed by atoms with E-state index in [9.17, 15) is 35.0 Å². The van der Waals surface area contributed by atoms with Crippen molar-refractivity contribution in [2.24, 2.45) is 5.73 Å². The molecular weight excluding hydrogens is 312 g/mol. The molecule has 10 heteroatoms. The molecule has 0 spiro atoms. The van der Waals surface area contributed by atoms with Crippen molar-refractivity contribution in [1.82, 2.24) is 0 Å². The molecule has 4 atom stereocenters. The van der Waals surface area contributed by atoms with Gasteiger partial charge in [-0.05, 0) is 0 Å². The van der Waals surface area contributed by atoms with Crippen LogP contribution in [0.2, 0.25) is 0 Å². The van der Waals surface area contributed by atoms with Crippen molar-refractivity contribution in [2.75, 3.05) is 6.61 Å². The van der Waals surface area contributed by atoms with Gasteiger partial charge in [-0.3, -0.25) is 25.4 Å². The van der Waals surface area contributed by atoms with Crippen molar-refractivity contribution in [3.63, 3.8) is 0 Å². The Morgan fingerprint density at radius 3 is 2.17 bits per heavy atom. The predicted molar refractivity (Wildman–Crippen MR) is 74.8 cm³/mol. The minimum absolute atomic E-state index is 0.196. The van der Waals surface area contributed by atoms with Gasteiger partial charge in [0.15, 0.2) is 6.10 Å². The summed E-state index contributed by atoms with van der Waals surface area (Å²) in [6.45, 7) is -1.05. The average Bonchev–Trinajstić information content (AvgIpc) is 2.58. The number of hydrogen-bond donors (Lipinski definition) is 5. The Labute approximate surface area is 129 Å². The normalized spacial score (nSPS) is 17.6. The van der Waals surface area contributed by atoms with Gasteiger partial charge in [0, 0.05) is 5.56 Å². The lowest BCUT2D eigenvalue weighted by molar-refractivity contribution is -0.566. The smallest absolute Gasteiger partial charge is 0.366 e. The molecule has 0 heterocycles. The third-order valence-electron chi connectivity index (χ3n) is 3.26. The summed E-state index contributed by atoms with van der Waals surface area (Å²) in [4.78, 5) is 33.9. The quantitative estimate of drug-likeness (QED) is 0.113. The number of carbonyl (C=O) groups is 2. The van der Waals surface area contributed by atoms with Gasteiger partial charge in [0.1, 0.15) is 12.2 Å². The van der Waals surface area contributed by atoms with Crippen molar-refractivity contribution >= 4 is 11.6 Å². The number of aliphatic hydroxyl groups is 4. The first kappa shape index (κ1) is 18.8. The molecule has 0 aliphatic rings. The van der Waals surface area contributed by atoms with Crippen LogP contribution in [0, 0.1) is 10.1 Å². The Hall–Kier alpha value is -2.24. The maximum atomic E-state index is 12.1. The fraction of sp³-hybridized carbons (Fsp3) is 0.385. The molecule has 23 heavy (non-hydrogen) atoms. The molecular formula is C13H16N2O8. The van der Waals surface area contributed by atoms with Crippen LogP contribution in [-0.4, -0.2) is 67.5 Å². The highest BCUT2D eigenvalue weighted by atomic mass is 16.6. The molecule has 6 N–H and O–H groups in total. The lowest BCUT2D eigenvalue weighted by Crippen LogP contribution is -2.69. The standard InChI is InChI=1S/C13H16N2O8/c14-13(15(22)23,12(21)10(19)8(17)6-16)11(20)9(18)7-4-2-1-3-5-7/h1-5,8,10,12,16-17,19,21H,6,14H2/t8-,10+,12+,13-/m1/s1. The minimum atomic E-state index is -3.39. The molecule has 0 bridgehead atoms. The number of benzene rings is 1. The van der Waals surface area contributed by atoms with Crippen LogP contribution >= 0.6 is 0 Å². The lowest BCUT2D eigenvalue weighted by atomic mass is 9.88. The third-order valence-corrected chi connectivity index (χ3v) is 3.26. The number of Topliss-reactive ketones (excluding diaryl/α,β-unsaturated/α-hetero) is 2. The second kappa shape index (κ2) is 7.35. The van der Waals surface area contributed by atoms with E-state index in [1.165, 1.54) is 24.3 Å². The number of aliphatic hydroxyl groups excluding tert-OH is 4. The number of nitrogens with zero attached hydrogens (tertiary/aromatic N) is 1. The Morgan fingerprint density at radius 1 is 1.22 bits per heavy atom. The summed E-state index contributed by atoms with van der Waals surface area (Å²) in [6.07, 6.45) is -6.93. The van der Waals surface area contributed by atoms with Crippen molar-refractivity contribution < 1.29 is 34.9 Å². The zero-order valence-electron chi connectivity index (χ0n) is 11.8. The number of nitrogens with two attached hydrogens (primary N) is 1. The average molecular weight is 328 g/mol. The fourth-order valence-electron chi connectivity index (χ4n) is 1.81. The SMILES string of the molecule is N[C@@](C(=O)C(=O)c1ccccc1)([C@@H](O)[C@@H](O)[C@H](O)CO)[N+](=O)[O-]. The van der Waals surface area contributed by atoms with Crippen LogP contribution in [0.1, 0.15) is 10.4 Å². The Kier molecular flexibility index (Phi) is 6.01. The van der Waals surface area contributed by atoms with Crippen LogP contribution in [0.5, 0.6) is 0 Å². The molecule has 1 rings (SSSR count). The highest BCUT2D eigenvalue weighted by Gasteiger charge is 2.59. The second-order valence-corrected chi connectivity index (χ2v) is 4.79. The highest BCUT2D eigenvalue weighted by molar-refractivity contribution is 6.46. The molecule has 1 aromatic rings. The van der Waals surface area contributed by atoms with E-state index in [-0.39, 0.29) is 5.56 Å². The number of ketones is 2. The zero-order chi connectivity index (χ0) is 17.8. The lowest BCUT2D eigenvalue weighted by Gasteiger charge is -2.29. The number of nitro groups is 1. The maximum absolute atomic E-state index is 12.1. The maximum Gasteiger partial charge on any atom is 0.366 e. The van der Waals surface area contributed by atoms with Crippen molar-refractivity contribution in [3.05, 3.63) is 46.0 Å². The van der Waals surface area contributed by atoms with Crippen LogP contribution < -0.4 is 5.73 Å². The van der Waals surface area contributed by atoms with Crippen LogP contribution in [-0.2, 0) is 4.79 Å². The summed E-state index contributed by atoms with van der Waals surface area (Å²) in [7, 11) is 0. The third kappa shape index (κ3) is 3.57. The van der Waals surface area contributed by atoms with Gasteiger partial charge in [0.2, 0.25) is 5.78 Å². The fourth-order valence-corrected chi connectivity index (χ4v) is 1.81. The molecule has 10 nitrogen and oxygen atoms in total. The van der Waals surface area contributed by atoms with Crippen LogP contribution in [0.25, 0.3) is 0 Å². The van der Waals surface area contributed by atoms with Gasteiger partial charge in [0.05, 0.1) is 11.5 Å². The van der Waals surface area contributed by atoms with Crippen molar-refractivity contribution in [2.45, 2.75) is 24.0 Å². The number of hydrogen-bond acceptors (Lipinski definition) is 9. The summed E-state index contributed by atoms with van der Waals surface area (Å²) in [6, 6.07) is 6.79. The summed E-state index contributed by atoms with van der Waals surface area (Å²) in [5.41, 5.74) is 1.71. The van der Waals surface area contributed by atoms with E-state index >= 15 is 0 Å². The molecule has 0 aliphatic heterocycles. The van der Waals surface area contributed by atoms with E-state index < -0.39 is 47.1 Å². The van der Waals surface area contributed by atoms with E-state index in [0.717, 1.165) is 0 Å².